The van der Waals surface area contributed by atoms with Gasteiger partial charge in [0.2, 0.25) is 0 Å². The second kappa shape index (κ2) is 6.44. The quantitative estimate of drug-likeness (QED) is 0.489. The van der Waals surface area contributed by atoms with Crippen LogP contribution in [0.25, 0.3) is 0 Å². The monoisotopic (exact) mass is 520 g/mol. The first-order valence-corrected chi connectivity index (χ1v) is 26.4. The fourth-order valence-corrected chi connectivity index (χ4v) is 18.9. The van der Waals surface area contributed by atoms with E-state index in [-0.39, 0.29) is 0 Å². The zero-order chi connectivity index (χ0) is 12.1. The Kier molecular flexibility index (Phi) is 5.19. The first-order valence-electron chi connectivity index (χ1n) is 5.61. The molecule has 0 nitrogen and oxygen atoms in total. The summed E-state index contributed by atoms with van der Waals surface area (Å²) in [6, 6.07) is 21.4. The van der Waals surface area contributed by atoms with Crippen LogP contribution in [0.5, 0.6) is 0 Å². The fraction of sp³-hybridized carbons (Fsp3) is 0.143. The van der Waals surface area contributed by atoms with E-state index >= 15 is 0 Å². The van der Waals surface area contributed by atoms with Crippen molar-refractivity contribution in [3.8, 4) is 0 Å². The molecule has 0 atom stereocenters. The third-order valence-electron chi connectivity index (χ3n) is 2.61. The van der Waals surface area contributed by atoms with Crippen molar-refractivity contribution in [3.05, 3.63) is 71.8 Å². The number of benzene rings is 2. The molecule has 0 spiro atoms. The normalized spacial score (nSPS) is 11.4. The maximum atomic E-state index is 3.99. The summed E-state index contributed by atoms with van der Waals surface area (Å²) in [5.74, 6) is 0. The second-order valence-electron chi connectivity index (χ2n) is 4.18. The molecule has 3 heteroatoms. The first kappa shape index (κ1) is 13.7. The van der Waals surface area contributed by atoms with Crippen LogP contribution in [-0.4, -0.2) is 0 Å². The average Bonchev–Trinajstić information content (AvgIpc) is 2.30. The van der Waals surface area contributed by atoms with Crippen LogP contribution < -0.4 is 0 Å². The molecular formula is C14H14Br2Hf. The van der Waals surface area contributed by atoms with Crippen LogP contribution in [0.15, 0.2) is 60.7 Å². The molecule has 0 aliphatic rings. The first-order chi connectivity index (χ1) is 8.16. The third-order valence-corrected chi connectivity index (χ3v) is 18.4. The van der Waals surface area contributed by atoms with E-state index in [0.29, 0.717) is 0 Å². The van der Waals surface area contributed by atoms with Crippen LogP contribution >= 0.6 is 24.6 Å². The number of halogens is 2. The summed E-state index contributed by atoms with van der Waals surface area (Å²) in [5.41, 5.74) is 2.86. The molecule has 0 amide bonds. The predicted molar refractivity (Wildman–Crippen MR) is 78.1 cm³/mol. The number of hydrogen-bond donors (Lipinski definition) is 0. The van der Waals surface area contributed by atoms with Crippen LogP contribution in [0.3, 0.4) is 0 Å². The molecule has 2 aromatic rings. The van der Waals surface area contributed by atoms with Crippen molar-refractivity contribution in [2.45, 2.75) is 8.35 Å². The number of hydrogen-bond acceptors (Lipinski definition) is 0. The van der Waals surface area contributed by atoms with Crippen LogP contribution in [0.2, 0.25) is 0 Å². The topological polar surface area (TPSA) is 0 Å². The van der Waals surface area contributed by atoms with Gasteiger partial charge in [0, 0.05) is 0 Å². The minimum absolute atomic E-state index is 1.18. The van der Waals surface area contributed by atoms with Gasteiger partial charge in [0.05, 0.1) is 0 Å². The van der Waals surface area contributed by atoms with Crippen molar-refractivity contribution in [1.82, 2.24) is 0 Å². The molecule has 88 valence electrons. The van der Waals surface area contributed by atoms with Gasteiger partial charge >= 0.3 is 120 Å². The van der Waals surface area contributed by atoms with Gasteiger partial charge in [-0.25, -0.2) is 0 Å². The van der Waals surface area contributed by atoms with Crippen molar-refractivity contribution in [3.63, 3.8) is 0 Å². The molecule has 0 saturated heterocycles. The fourth-order valence-electron chi connectivity index (χ4n) is 1.85. The van der Waals surface area contributed by atoms with E-state index in [4.69, 9.17) is 0 Å². The third kappa shape index (κ3) is 4.80. The summed E-state index contributed by atoms with van der Waals surface area (Å²) < 4.78 is 2.37. The van der Waals surface area contributed by atoms with Gasteiger partial charge in [0.1, 0.15) is 0 Å². The van der Waals surface area contributed by atoms with E-state index in [1.807, 2.05) is 0 Å². The van der Waals surface area contributed by atoms with Crippen LogP contribution in [0.4, 0.5) is 0 Å². The van der Waals surface area contributed by atoms with Crippen molar-refractivity contribution in [1.29, 1.82) is 0 Å². The summed E-state index contributed by atoms with van der Waals surface area (Å²) in [7, 11) is 0. The van der Waals surface area contributed by atoms with E-state index < -0.39 is 15.3 Å². The Bertz CT molecular complexity index is 411. The minimum atomic E-state index is -2.46. The summed E-state index contributed by atoms with van der Waals surface area (Å²) in [6.45, 7) is 0. The predicted octanol–water partition coefficient (Wildman–Crippen LogP) is 5.16. The molecule has 0 fully saturated rings. The van der Waals surface area contributed by atoms with E-state index in [1.54, 1.807) is 0 Å². The molecular weight excluding hydrogens is 506 g/mol. The molecule has 0 bridgehead atoms. The SMILES string of the molecule is [Br][Hf]([Br])([CH2]c1ccccc1)[CH2]c1ccccc1. The van der Waals surface area contributed by atoms with Gasteiger partial charge in [0.15, 0.2) is 0 Å². The molecule has 0 N–H and O–H groups in total. The Balaban J connectivity index is 2.04. The van der Waals surface area contributed by atoms with Crippen LogP contribution in [-0.2, 0) is 23.7 Å². The Hall–Kier alpha value is 0.270. The summed E-state index contributed by atoms with van der Waals surface area (Å²) >= 11 is 5.53. The number of rotatable bonds is 4. The van der Waals surface area contributed by atoms with Gasteiger partial charge in [-0.1, -0.05) is 0 Å². The van der Waals surface area contributed by atoms with Crippen LogP contribution in [0.1, 0.15) is 11.1 Å². The molecule has 2 rings (SSSR count). The van der Waals surface area contributed by atoms with Gasteiger partial charge in [-0.05, 0) is 0 Å². The summed E-state index contributed by atoms with van der Waals surface area (Å²) in [4.78, 5) is 0. The van der Waals surface area contributed by atoms with E-state index in [0.717, 1.165) is 0 Å². The van der Waals surface area contributed by atoms with Crippen molar-refractivity contribution in [2.75, 3.05) is 0 Å². The van der Waals surface area contributed by atoms with E-state index in [9.17, 15) is 0 Å². The molecule has 0 aromatic heterocycles. The van der Waals surface area contributed by atoms with Crippen molar-refractivity contribution >= 4 is 24.6 Å². The molecule has 0 saturated carbocycles. The second-order valence-corrected chi connectivity index (χ2v) is 46.4. The Labute approximate surface area is 119 Å². The van der Waals surface area contributed by atoms with Gasteiger partial charge in [-0.15, -0.1) is 0 Å². The van der Waals surface area contributed by atoms with E-state index in [1.165, 1.54) is 19.5 Å². The zero-order valence-corrected chi connectivity index (χ0v) is 16.2. The molecule has 0 aliphatic carbocycles. The molecule has 0 radical (unpaired) electrons. The Morgan fingerprint density at radius 3 is 1.35 bits per heavy atom. The summed E-state index contributed by atoms with van der Waals surface area (Å²) in [5, 5.41) is 0. The van der Waals surface area contributed by atoms with Gasteiger partial charge < -0.3 is 0 Å². The van der Waals surface area contributed by atoms with Gasteiger partial charge in [0.25, 0.3) is 0 Å². The van der Waals surface area contributed by atoms with E-state index in [2.05, 4.69) is 85.3 Å². The molecule has 0 unspecified atom stereocenters. The van der Waals surface area contributed by atoms with Gasteiger partial charge in [-0.2, -0.15) is 0 Å². The Morgan fingerprint density at radius 2 is 1.00 bits per heavy atom. The maximum absolute atomic E-state index is 3.99. The molecule has 2 aromatic carbocycles. The summed E-state index contributed by atoms with van der Waals surface area (Å²) in [6.07, 6.45) is 0. The molecule has 0 aliphatic heterocycles. The molecule has 0 heterocycles. The van der Waals surface area contributed by atoms with Crippen molar-refractivity contribution < 1.29 is 15.3 Å². The molecule has 17 heavy (non-hydrogen) atoms. The standard InChI is InChI=1S/2C7H7.2BrH.Hf/c2*1-7-5-3-2-4-6-7;;;/h2*2-6H,1H2;2*1H;/q;;;;+2/p-2. The van der Waals surface area contributed by atoms with Crippen molar-refractivity contribution in [2.24, 2.45) is 0 Å². The Morgan fingerprint density at radius 1 is 0.647 bits per heavy atom. The van der Waals surface area contributed by atoms with Crippen LogP contribution in [0, 0.1) is 0 Å². The zero-order valence-electron chi connectivity index (χ0n) is 9.44. The van der Waals surface area contributed by atoms with Gasteiger partial charge in [-0.3, -0.25) is 0 Å². The average molecular weight is 521 g/mol.